The van der Waals surface area contributed by atoms with Crippen LogP contribution in [0.4, 0.5) is 9.18 Å². The van der Waals surface area contributed by atoms with Crippen molar-refractivity contribution >= 4 is 33.7 Å². The summed E-state index contributed by atoms with van der Waals surface area (Å²) in [6.07, 6.45) is 6.19. The first-order chi connectivity index (χ1) is 17.0. The highest BCUT2D eigenvalue weighted by Gasteiger charge is 2.52. The third-order valence-corrected chi connectivity index (χ3v) is 10.0. The second-order valence-electron chi connectivity index (χ2n) is 9.51. The molecule has 0 radical (unpaired) electrons. The molecule has 1 saturated carbocycles. The highest BCUT2D eigenvalue weighted by molar-refractivity contribution is 8.18. The van der Waals surface area contributed by atoms with E-state index in [1.165, 1.54) is 36.3 Å². The molecule has 1 aromatic heterocycles. The Morgan fingerprint density at radius 3 is 2.64 bits per heavy atom. The average Bonchev–Trinajstić information content (AvgIpc) is 3.20. The topological polar surface area (TPSA) is 114 Å². The predicted molar refractivity (Wildman–Crippen MR) is 130 cm³/mol. The minimum absolute atomic E-state index is 0.00508. The van der Waals surface area contributed by atoms with Crippen LogP contribution in [-0.2, 0) is 35.0 Å². The molecule has 3 aliphatic rings. The lowest BCUT2D eigenvalue weighted by molar-refractivity contribution is -0.135. The van der Waals surface area contributed by atoms with E-state index in [1.807, 2.05) is 6.92 Å². The molecule has 1 aliphatic carbocycles. The molecular weight excluding hydrogens is 509 g/mol. The third-order valence-electron chi connectivity index (χ3n) is 6.51. The van der Waals surface area contributed by atoms with Crippen LogP contribution in [0.15, 0.2) is 40.9 Å². The van der Waals surface area contributed by atoms with Gasteiger partial charge in [-0.05, 0) is 43.5 Å². The molecule has 36 heavy (non-hydrogen) atoms. The lowest BCUT2D eigenvalue weighted by atomic mass is 10.0. The van der Waals surface area contributed by atoms with Crippen molar-refractivity contribution in [3.8, 4) is 5.75 Å². The van der Waals surface area contributed by atoms with Crippen LogP contribution in [0.2, 0.25) is 0 Å². The van der Waals surface area contributed by atoms with Crippen LogP contribution >= 0.6 is 11.8 Å². The van der Waals surface area contributed by atoms with E-state index in [0.717, 1.165) is 29.5 Å². The van der Waals surface area contributed by atoms with E-state index in [4.69, 9.17) is 4.74 Å². The summed E-state index contributed by atoms with van der Waals surface area (Å²) in [5.41, 5.74) is 0.758. The summed E-state index contributed by atoms with van der Waals surface area (Å²) in [7, 11) is -0.780. The molecule has 1 aromatic carbocycles. The summed E-state index contributed by atoms with van der Waals surface area (Å²) >= 11 is 0.977. The van der Waals surface area contributed by atoms with Gasteiger partial charge in [-0.25, -0.2) is 22.3 Å². The number of rotatable bonds is 8. The molecule has 0 spiro atoms. The van der Waals surface area contributed by atoms with Gasteiger partial charge in [0, 0.05) is 30.9 Å². The molecule has 5 rings (SSSR count). The Hall–Kier alpha value is -2.90. The Kier molecular flexibility index (Phi) is 6.12. The van der Waals surface area contributed by atoms with Crippen molar-refractivity contribution in [1.29, 1.82) is 0 Å². The van der Waals surface area contributed by atoms with E-state index in [1.54, 1.807) is 24.1 Å². The standard InChI is InChI=1S/C23H26FN5O5S2/c1-23(6-7-23)26-36(32,33)19-9-16-20(30)28(13-15-10-25-27(2)11-15)22(31)29(21(16)35-19)12-14-4-5-17(24)18(8-14)34-3/h4-5,8-11,16,21,26H,6-7,12-13H2,1-3H3. The number of imide groups is 1. The number of halogens is 1. The minimum Gasteiger partial charge on any atom is -0.494 e. The van der Waals surface area contributed by atoms with Gasteiger partial charge in [-0.1, -0.05) is 17.8 Å². The second-order valence-corrected chi connectivity index (χ2v) is 12.6. The maximum absolute atomic E-state index is 14.0. The zero-order valence-electron chi connectivity index (χ0n) is 20.0. The number of hydrogen-bond donors (Lipinski definition) is 1. The van der Waals surface area contributed by atoms with Crippen LogP contribution in [-0.4, -0.2) is 58.0 Å². The highest BCUT2D eigenvalue weighted by Crippen LogP contribution is 2.46. The number of hydrogen-bond acceptors (Lipinski definition) is 7. The number of ether oxygens (including phenoxy) is 1. The molecular formula is C23H26FN5O5S2. The van der Waals surface area contributed by atoms with Crippen LogP contribution < -0.4 is 9.46 Å². The van der Waals surface area contributed by atoms with Crippen molar-refractivity contribution in [1.82, 2.24) is 24.3 Å². The number of sulfonamides is 1. The van der Waals surface area contributed by atoms with Gasteiger partial charge in [0.1, 0.15) is 9.61 Å². The number of benzene rings is 1. The zero-order valence-corrected chi connectivity index (χ0v) is 21.6. The van der Waals surface area contributed by atoms with Crippen molar-refractivity contribution in [2.75, 3.05) is 7.11 Å². The molecule has 13 heteroatoms. The van der Waals surface area contributed by atoms with E-state index < -0.39 is 44.6 Å². The first-order valence-electron chi connectivity index (χ1n) is 11.3. The summed E-state index contributed by atoms with van der Waals surface area (Å²) in [5, 5.41) is 3.34. The van der Waals surface area contributed by atoms with Gasteiger partial charge in [-0.3, -0.25) is 14.4 Å². The van der Waals surface area contributed by atoms with Crippen molar-refractivity contribution < 1.29 is 27.1 Å². The van der Waals surface area contributed by atoms with E-state index in [-0.39, 0.29) is 23.1 Å². The number of nitrogens with zero attached hydrogens (tertiary/aromatic N) is 4. The molecule has 0 bridgehead atoms. The molecule has 2 unspecified atom stereocenters. The normalized spacial score (nSPS) is 23.1. The van der Waals surface area contributed by atoms with Crippen molar-refractivity contribution in [3.63, 3.8) is 0 Å². The Bertz CT molecular complexity index is 1370. The number of aromatic nitrogens is 2. The first kappa shape index (κ1) is 24.8. The Morgan fingerprint density at radius 2 is 2.00 bits per heavy atom. The van der Waals surface area contributed by atoms with Crippen LogP contribution in [0.25, 0.3) is 0 Å². The van der Waals surface area contributed by atoms with Crippen molar-refractivity contribution in [2.24, 2.45) is 13.0 Å². The average molecular weight is 536 g/mol. The maximum Gasteiger partial charge on any atom is 0.328 e. The Labute approximate surface area is 212 Å². The van der Waals surface area contributed by atoms with Crippen LogP contribution in [0.1, 0.15) is 30.9 Å². The second kappa shape index (κ2) is 8.89. The fourth-order valence-corrected chi connectivity index (χ4v) is 7.61. The fraction of sp³-hybridized carbons (Fsp3) is 0.435. The number of carbonyl (C=O) groups is 2. The SMILES string of the molecule is COc1cc(CN2C(=O)N(Cc3cnn(C)c3)C(=O)C3C=C(S(=O)(=O)NC4(C)CC4)SC32)ccc1F. The van der Waals surface area contributed by atoms with Gasteiger partial charge in [-0.2, -0.15) is 5.10 Å². The Morgan fingerprint density at radius 1 is 1.25 bits per heavy atom. The molecule has 2 aromatic rings. The predicted octanol–water partition coefficient (Wildman–Crippen LogP) is 2.53. The lowest BCUT2D eigenvalue weighted by Crippen LogP contribution is -2.58. The number of aryl methyl sites for hydroxylation is 1. The quantitative estimate of drug-likeness (QED) is 0.553. The molecule has 3 heterocycles. The summed E-state index contributed by atoms with van der Waals surface area (Å²) in [6.45, 7) is 1.86. The molecule has 1 saturated heterocycles. The lowest BCUT2D eigenvalue weighted by Gasteiger charge is -2.41. The van der Waals surface area contributed by atoms with Crippen molar-refractivity contribution in [2.45, 2.75) is 43.8 Å². The zero-order chi connectivity index (χ0) is 25.8. The number of fused-ring (bicyclic) bond motifs is 1. The van der Waals surface area contributed by atoms with E-state index in [0.29, 0.717) is 11.1 Å². The number of thioether (sulfide) groups is 1. The van der Waals surface area contributed by atoms with E-state index in [9.17, 15) is 22.4 Å². The number of amides is 3. The number of methoxy groups -OCH3 is 1. The summed E-state index contributed by atoms with van der Waals surface area (Å²) in [4.78, 5) is 29.6. The van der Waals surface area contributed by atoms with Gasteiger partial charge in [-0.15, -0.1) is 0 Å². The van der Waals surface area contributed by atoms with Crippen LogP contribution in [0.5, 0.6) is 5.75 Å². The smallest absolute Gasteiger partial charge is 0.328 e. The maximum atomic E-state index is 14.0. The summed E-state index contributed by atoms with van der Waals surface area (Å²) in [6, 6.07) is 3.70. The first-order valence-corrected chi connectivity index (χ1v) is 13.7. The molecule has 2 fully saturated rings. The molecule has 2 aliphatic heterocycles. The minimum atomic E-state index is -3.86. The molecule has 192 valence electrons. The van der Waals surface area contributed by atoms with Crippen LogP contribution in [0, 0.1) is 11.7 Å². The molecule has 1 N–H and O–H groups in total. The Balaban J connectivity index is 1.48. The van der Waals surface area contributed by atoms with E-state index in [2.05, 4.69) is 9.82 Å². The molecule has 3 amide bonds. The third kappa shape index (κ3) is 4.62. The van der Waals surface area contributed by atoms with Crippen molar-refractivity contribution in [3.05, 3.63) is 57.9 Å². The van der Waals surface area contributed by atoms with Crippen LogP contribution in [0.3, 0.4) is 0 Å². The van der Waals surface area contributed by atoms with Gasteiger partial charge in [0.05, 0.1) is 25.8 Å². The van der Waals surface area contributed by atoms with Gasteiger partial charge in [0.25, 0.3) is 0 Å². The van der Waals surface area contributed by atoms with E-state index >= 15 is 0 Å². The number of urea groups is 1. The summed E-state index contributed by atoms with van der Waals surface area (Å²) in [5.74, 6) is -1.84. The monoisotopic (exact) mass is 535 g/mol. The van der Waals surface area contributed by atoms with Gasteiger partial charge in [0.15, 0.2) is 11.6 Å². The number of nitrogens with one attached hydrogen (secondary N) is 1. The fourth-order valence-electron chi connectivity index (χ4n) is 4.31. The molecule has 10 nitrogen and oxygen atoms in total. The highest BCUT2D eigenvalue weighted by atomic mass is 32.3. The number of carbonyl (C=O) groups excluding carboxylic acids is 2. The molecule has 2 atom stereocenters. The van der Waals surface area contributed by atoms with Gasteiger partial charge in [0.2, 0.25) is 15.9 Å². The summed E-state index contributed by atoms with van der Waals surface area (Å²) < 4.78 is 49.5. The van der Waals surface area contributed by atoms with Gasteiger partial charge >= 0.3 is 6.03 Å². The van der Waals surface area contributed by atoms with Gasteiger partial charge < -0.3 is 9.64 Å². The largest absolute Gasteiger partial charge is 0.494 e.